The zero-order chi connectivity index (χ0) is 38.2. The van der Waals surface area contributed by atoms with Crippen LogP contribution in [0, 0.1) is 5.92 Å². The lowest BCUT2D eigenvalue weighted by Gasteiger charge is -2.44. The minimum atomic E-state index is 0.213. The Bertz CT molecular complexity index is 1910. The first-order valence-electron chi connectivity index (χ1n) is 18.2. The molecule has 6 rings (SSSR count). The van der Waals surface area contributed by atoms with Crippen LogP contribution in [0.2, 0.25) is 0 Å². The summed E-state index contributed by atoms with van der Waals surface area (Å²) in [5.74, 6) is 4.76. The molecule has 0 saturated carbocycles. The van der Waals surface area contributed by atoms with E-state index in [1.807, 2.05) is 49.1 Å². The quantitative estimate of drug-likeness (QED) is 0.122. The van der Waals surface area contributed by atoms with Gasteiger partial charge in [-0.05, 0) is 103 Å². The Kier molecular flexibility index (Phi) is 12.6. The standard InChI is InChI=1S/C43H52N4O7/c1-28-15-36(48-2)9-10-37(28)47(27-30-17-34(25-45-23-30)32-20-40(51-5)43(54-8)41(21-32)52-6)35-11-13-46(14-12-35)26-29-16-33(24-44-22-29)31-18-38(49-3)42(53-7)39(19-31)50-4/h9-10,15-25,28,35,37H,11-14,26-27H2,1-8H3. The molecule has 1 aliphatic carbocycles. The predicted molar refractivity (Wildman–Crippen MR) is 210 cm³/mol. The van der Waals surface area contributed by atoms with Crippen LogP contribution in [0.15, 0.2) is 85.2 Å². The Morgan fingerprint density at radius 1 is 0.611 bits per heavy atom. The number of pyridine rings is 2. The normalized spacial score (nSPS) is 17.5. The van der Waals surface area contributed by atoms with E-state index in [1.165, 1.54) is 0 Å². The van der Waals surface area contributed by atoms with E-state index in [0.717, 1.165) is 78.2 Å². The highest BCUT2D eigenvalue weighted by Crippen LogP contribution is 2.42. The van der Waals surface area contributed by atoms with Crippen molar-refractivity contribution >= 4 is 0 Å². The Hall–Kier alpha value is -5.26. The van der Waals surface area contributed by atoms with Gasteiger partial charge in [-0.3, -0.25) is 19.8 Å². The topological polar surface area (TPSA) is 96.9 Å². The van der Waals surface area contributed by atoms with Crippen molar-refractivity contribution in [3.05, 3.63) is 96.3 Å². The molecule has 1 fully saturated rings. The van der Waals surface area contributed by atoms with E-state index < -0.39 is 0 Å². The molecule has 54 heavy (non-hydrogen) atoms. The van der Waals surface area contributed by atoms with Gasteiger partial charge in [0, 0.05) is 61.1 Å². The molecule has 2 aromatic carbocycles. The van der Waals surface area contributed by atoms with E-state index in [2.05, 4.69) is 52.1 Å². The molecule has 0 bridgehead atoms. The molecule has 286 valence electrons. The van der Waals surface area contributed by atoms with E-state index in [1.54, 1.807) is 49.8 Å². The number of hydrogen-bond donors (Lipinski definition) is 0. The third-order valence-corrected chi connectivity index (χ3v) is 10.4. The van der Waals surface area contributed by atoms with Crippen LogP contribution in [-0.2, 0) is 17.8 Å². The van der Waals surface area contributed by atoms with E-state index in [0.29, 0.717) is 40.5 Å². The number of likely N-dealkylation sites (tertiary alicyclic amines) is 1. The monoisotopic (exact) mass is 736 g/mol. The molecule has 2 unspecified atom stereocenters. The number of piperidine rings is 1. The number of aromatic nitrogens is 2. The first kappa shape index (κ1) is 38.5. The van der Waals surface area contributed by atoms with Crippen molar-refractivity contribution in [3.63, 3.8) is 0 Å². The predicted octanol–water partition coefficient (Wildman–Crippen LogP) is 7.43. The van der Waals surface area contributed by atoms with Crippen molar-refractivity contribution in [2.45, 2.75) is 44.9 Å². The minimum absolute atomic E-state index is 0.213. The van der Waals surface area contributed by atoms with Crippen molar-refractivity contribution in [1.29, 1.82) is 0 Å². The van der Waals surface area contributed by atoms with Crippen LogP contribution < -0.4 is 28.4 Å². The van der Waals surface area contributed by atoms with Crippen molar-refractivity contribution < 1.29 is 33.2 Å². The maximum absolute atomic E-state index is 5.64. The second-order valence-electron chi connectivity index (χ2n) is 13.7. The minimum Gasteiger partial charge on any atom is -0.497 e. The number of methoxy groups -OCH3 is 7. The lowest BCUT2D eigenvalue weighted by molar-refractivity contribution is 0.0662. The molecular weight excluding hydrogens is 684 g/mol. The summed E-state index contributed by atoms with van der Waals surface area (Å²) in [6.45, 7) is 5.80. The summed E-state index contributed by atoms with van der Waals surface area (Å²) in [5, 5.41) is 0. The fraction of sp³-hybridized carbons (Fsp3) is 0.395. The molecule has 1 aliphatic heterocycles. The highest BCUT2D eigenvalue weighted by Gasteiger charge is 2.32. The van der Waals surface area contributed by atoms with E-state index in [-0.39, 0.29) is 12.0 Å². The molecule has 0 radical (unpaired) electrons. The summed E-state index contributed by atoms with van der Waals surface area (Å²) in [6.07, 6.45) is 16.4. The summed E-state index contributed by atoms with van der Waals surface area (Å²) in [5.41, 5.74) is 6.18. The molecule has 11 heteroatoms. The van der Waals surface area contributed by atoms with Gasteiger partial charge in [0.25, 0.3) is 0 Å². The molecule has 2 atom stereocenters. The number of hydrogen-bond acceptors (Lipinski definition) is 11. The molecule has 0 amide bonds. The zero-order valence-electron chi connectivity index (χ0n) is 32.6. The van der Waals surface area contributed by atoms with Gasteiger partial charge in [-0.15, -0.1) is 0 Å². The van der Waals surface area contributed by atoms with Gasteiger partial charge in [0.2, 0.25) is 11.5 Å². The van der Waals surface area contributed by atoms with Gasteiger partial charge in [0.1, 0.15) is 5.76 Å². The highest BCUT2D eigenvalue weighted by atomic mass is 16.5. The van der Waals surface area contributed by atoms with E-state index in [9.17, 15) is 0 Å². The van der Waals surface area contributed by atoms with Crippen LogP contribution in [0.25, 0.3) is 22.3 Å². The highest BCUT2D eigenvalue weighted by molar-refractivity contribution is 5.72. The van der Waals surface area contributed by atoms with Crippen LogP contribution in [0.1, 0.15) is 30.9 Å². The van der Waals surface area contributed by atoms with Crippen LogP contribution in [0.4, 0.5) is 0 Å². The van der Waals surface area contributed by atoms with Crippen LogP contribution >= 0.6 is 0 Å². The fourth-order valence-corrected chi connectivity index (χ4v) is 7.65. The summed E-state index contributed by atoms with van der Waals surface area (Å²) in [6, 6.07) is 12.9. The third kappa shape index (κ3) is 8.42. The van der Waals surface area contributed by atoms with Crippen molar-refractivity contribution in [2.75, 3.05) is 62.9 Å². The number of allylic oxidation sites excluding steroid dienone is 1. The summed E-state index contributed by atoms with van der Waals surface area (Å²) >= 11 is 0. The van der Waals surface area contributed by atoms with Crippen LogP contribution in [0.3, 0.4) is 0 Å². The maximum Gasteiger partial charge on any atom is 0.203 e. The van der Waals surface area contributed by atoms with Gasteiger partial charge in [0.05, 0.1) is 49.8 Å². The molecule has 1 saturated heterocycles. The molecule has 2 aromatic heterocycles. The number of nitrogens with zero attached hydrogens (tertiary/aromatic N) is 4. The van der Waals surface area contributed by atoms with Gasteiger partial charge in [-0.1, -0.05) is 13.0 Å². The second-order valence-corrected chi connectivity index (χ2v) is 13.7. The smallest absolute Gasteiger partial charge is 0.203 e. The largest absolute Gasteiger partial charge is 0.497 e. The van der Waals surface area contributed by atoms with Crippen LogP contribution in [-0.4, -0.2) is 94.7 Å². The van der Waals surface area contributed by atoms with Gasteiger partial charge in [-0.2, -0.15) is 0 Å². The maximum atomic E-state index is 5.64. The van der Waals surface area contributed by atoms with E-state index in [4.69, 9.17) is 38.1 Å². The summed E-state index contributed by atoms with van der Waals surface area (Å²) < 4.78 is 39.2. The van der Waals surface area contributed by atoms with Crippen molar-refractivity contribution in [3.8, 4) is 56.8 Å². The second kappa shape index (κ2) is 17.7. The lowest BCUT2D eigenvalue weighted by atomic mass is 9.90. The van der Waals surface area contributed by atoms with Gasteiger partial charge in [0.15, 0.2) is 23.0 Å². The van der Waals surface area contributed by atoms with Crippen molar-refractivity contribution in [2.24, 2.45) is 5.92 Å². The lowest BCUT2D eigenvalue weighted by Crippen LogP contribution is -2.50. The zero-order valence-corrected chi connectivity index (χ0v) is 32.6. The Balaban J connectivity index is 1.20. The number of benzene rings is 2. The molecule has 0 spiro atoms. The molecule has 4 aromatic rings. The molecular formula is C43H52N4O7. The molecule has 0 N–H and O–H groups in total. The number of ether oxygens (including phenoxy) is 7. The van der Waals surface area contributed by atoms with Gasteiger partial charge < -0.3 is 33.2 Å². The number of rotatable bonds is 15. The first-order chi connectivity index (χ1) is 26.3. The molecule has 11 nitrogen and oxygen atoms in total. The van der Waals surface area contributed by atoms with E-state index >= 15 is 0 Å². The van der Waals surface area contributed by atoms with Crippen LogP contribution in [0.5, 0.6) is 34.5 Å². The SMILES string of the molecule is COC1=CC(C)C(N(Cc2cncc(-c3cc(OC)c(OC)c(OC)c3)c2)C2CCN(Cc3cncc(-c4cc(OC)c(OC)c(OC)c4)c3)CC2)C=C1. The fourth-order valence-electron chi connectivity index (χ4n) is 7.65. The Morgan fingerprint density at radius 2 is 1.11 bits per heavy atom. The molecule has 2 aliphatic rings. The summed E-state index contributed by atoms with van der Waals surface area (Å²) in [4.78, 5) is 14.5. The third-order valence-electron chi connectivity index (χ3n) is 10.4. The average Bonchev–Trinajstić information content (AvgIpc) is 3.22. The Morgan fingerprint density at radius 3 is 1.57 bits per heavy atom. The first-order valence-corrected chi connectivity index (χ1v) is 18.2. The summed E-state index contributed by atoms with van der Waals surface area (Å²) in [7, 11) is 11.5. The van der Waals surface area contributed by atoms with Gasteiger partial charge >= 0.3 is 0 Å². The Labute approximate surface area is 319 Å². The van der Waals surface area contributed by atoms with Crippen molar-refractivity contribution in [1.82, 2.24) is 19.8 Å². The molecule has 3 heterocycles. The average molecular weight is 737 g/mol. The van der Waals surface area contributed by atoms with Gasteiger partial charge in [-0.25, -0.2) is 0 Å².